The van der Waals surface area contributed by atoms with Crippen LogP contribution in [0.2, 0.25) is 0 Å². The van der Waals surface area contributed by atoms with Crippen molar-refractivity contribution in [1.29, 1.82) is 0 Å². The van der Waals surface area contributed by atoms with Crippen LogP contribution in [0.5, 0.6) is 0 Å². The van der Waals surface area contributed by atoms with Crippen LogP contribution in [0.3, 0.4) is 0 Å². The molecule has 0 spiro atoms. The number of hydrogen-bond donors (Lipinski definition) is 0. The van der Waals surface area contributed by atoms with Gasteiger partial charge in [-0.15, -0.1) is 32.9 Å². The zero-order valence-corrected chi connectivity index (χ0v) is 14.2. The van der Waals surface area contributed by atoms with Crippen LogP contribution in [-0.2, 0) is 17.7 Å². The van der Waals surface area contributed by atoms with Crippen LogP contribution in [0.1, 0.15) is 33.0 Å². The van der Waals surface area contributed by atoms with E-state index in [4.69, 9.17) is 4.74 Å². The standard InChI is InChI=1S/C15H19N3O2S2/c1-2-14-16-17-15(22-14)9-18-5-6-20-10-11(18)8-12(19)13-4-3-7-21-13/h3-4,7,11H,2,5-6,8-10H2,1H3/t11-/m0/s1. The summed E-state index contributed by atoms with van der Waals surface area (Å²) in [6.45, 7) is 4.99. The van der Waals surface area contributed by atoms with Crippen LogP contribution in [0.25, 0.3) is 0 Å². The molecular weight excluding hydrogens is 318 g/mol. The zero-order valence-electron chi connectivity index (χ0n) is 12.5. The van der Waals surface area contributed by atoms with E-state index < -0.39 is 0 Å². The first-order valence-corrected chi connectivity index (χ1v) is 9.15. The van der Waals surface area contributed by atoms with Gasteiger partial charge in [0, 0.05) is 19.0 Å². The van der Waals surface area contributed by atoms with E-state index in [2.05, 4.69) is 22.0 Å². The average Bonchev–Trinajstić information content (AvgIpc) is 3.20. The molecule has 2 aromatic heterocycles. The van der Waals surface area contributed by atoms with Gasteiger partial charge in [-0.2, -0.15) is 0 Å². The minimum atomic E-state index is 0.123. The number of thiophene rings is 1. The number of morpholine rings is 1. The predicted octanol–water partition coefficient (Wildman–Crippen LogP) is 2.64. The number of aromatic nitrogens is 2. The molecule has 5 nitrogen and oxygen atoms in total. The summed E-state index contributed by atoms with van der Waals surface area (Å²) in [6.07, 6.45) is 1.42. The van der Waals surface area contributed by atoms with Gasteiger partial charge in [-0.1, -0.05) is 13.0 Å². The lowest BCUT2D eigenvalue weighted by Gasteiger charge is -2.34. The van der Waals surface area contributed by atoms with Crippen molar-refractivity contribution in [2.75, 3.05) is 19.8 Å². The maximum atomic E-state index is 12.3. The van der Waals surface area contributed by atoms with E-state index in [1.54, 1.807) is 11.3 Å². The Balaban J connectivity index is 1.64. The molecule has 3 rings (SSSR count). The first-order chi connectivity index (χ1) is 10.8. The molecule has 22 heavy (non-hydrogen) atoms. The lowest BCUT2D eigenvalue weighted by atomic mass is 10.1. The monoisotopic (exact) mass is 337 g/mol. The van der Waals surface area contributed by atoms with Gasteiger partial charge in [0.25, 0.3) is 0 Å². The van der Waals surface area contributed by atoms with Crippen molar-refractivity contribution in [3.05, 3.63) is 32.4 Å². The molecule has 3 heterocycles. The number of ether oxygens (including phenoxy) is 1. The van der Waals surface area contributed by atoms with E-state index in [0.717, 1.165) is 34.4 Å². The molecule has 0 bridgehead atoms. The molecule has 0 radical (unpaired) electrons. The molecule has 0 saturated carbocycles. The molecule has 1 aliphatic rings. The molecule has 7 heteroatoms. The van der Waals surface area contributed by atoms with Gasteiger partial charge < -0.3 is 4.74 Å². The van der Waals surface area contributed by atoms with E-state index in [9.17, 15) is 4.79 Å². The third-order valence-electron chi connectivity index (χ3n) is 3.72. The summed E-state index contributed by atoms with van der Waals surface area (Å²) >= 11 is 3.16. The summed E-state index contributed by atoms with van der Waals surface area (Å²) in [5.74, 6) is 0.196. The summed E-state index contributed by atoms with van der Waals surface area (Å²) in [4.78, 5) is 15.5. The number of Topliss-reactive ketones (excluding diaryl/α,β-unsaturated/α-hetero) is 1. The molecule has 0 amide bonds. The highest BCUT2D eigenvalue weighted by Crippen LogP contribution is 2.20. The van der Waals surface area contributed by atoms with Crippen molar-refractivity contribution in [3.8, 4) is 0 Å². The molecular formula is C15H19N3O2S2. The van der Waals surface area contributed by atoms with Gasteiger partial charge in [-0.3, -0.25) is 9.69 Å². The maximum absolute atomic E-state index is 12.3. The first-order valence-electron chi connectivity index (χ1n) is 7.46. The van der Waals surface area contributed by atoms with Gasteiger partial charge in [0.2, 0.25) is 0 Å². The lowest BCUT2D eigenvalue weighted by Crippen LogP contribution is -2.45. The molecule has 0 N–H and O–H groups in total. The van der Waals surface area contributed by atoms with Crippen molar-refractivity contribution in [2.45, 2.75) is 32.4 Å². The van der Waals surface area contributed by atoms with E-state index >= 15 is 0 Å². The Morgan fingerprint density at radius 3 is 3.05 bits per heavy atom. The lowest BCUT2D eigenvalue weighted by molar-refractivity contribution is -0.0126. The number of carbonyl (C=O) groups is 1. The molecule has 1 fully saturated rings. The van der Waals surface area contributed by atoms with Gasteiger partial charge in [0.05, 0.1) is 24.6 Å². The number of aryl methyl sites for hydroxylation is 1. The van der Waals surface area contributed by atoms with Gasteiger partial charge in [-0.05, 0) is 17.9 Å². The van der Waals surface area contributed by atoms with Crippen LogP contribution < -0.4 is 0 Å². The molecule has 1 saturated heterocycles. The topological polar surface area (TPSA) is 55.3 Å². The van der Waals surface area contributed by atoms with Gasteiger partial charge in [0.15, 0.2) is 5.78 Å². The Labute approximate surface area is 137 Å². The Morgan fingerprint density at radius 1 is 1.45 bits per heavy atom. The van der Waals surface area contributed by atoms with E-state index in [-0.39, 0.29) is 11.8 Å². The summed E-state index contributed by atoms with van der Waals surface area (Å²) in [5.41, 5.74) is 0. The highest BCUT2D eigenvalue weighted by Gasteiger charge is 2.27. The summed E-state index contributed by atoms with van der Waals surface area (Å²) in [6, 6.07) is 3.93. The minimum absolute atomic E-state index is 0.123. The van der Waals surface area contributed by atoms with Crippen LogP contribution in [0.15, 0.2) is 17.5 Å². The molecule has 0 aromatic carbocycles. The van der Waals surface area contributed by atoms with Crippen molar-refractivity contribution in [1.82, 2.24) is 15.1 Å². The second kappa shape index (κ2) is 7.41. The van der Waals surface area contributed by atoms with Crippen molar-refractivity contribution < 1.29 is 9.53 Å². The number of carbonyl (C=O) groups excluding carboxylic acids is 1. The van der Waals surface area contributed by atoms with E-state index in [0.29, 0.717) is 19.6 Å². The second-order valence-corrected chi connectivity index (χ2v) is 7.34. The predicted molar refractivity (Wildman–Crippen MR) is 87.6 cm³/mol. The van der Waals surface area contributed by atoms with Gasteiger partial charge >= 0.3 is 0 Å². The highest BCUT2D eigenvalue weighted by atomic mass is 32.1. The Morgan fingerprint density at radius 2 is 2.32 bits per heavy atom. The van der Waals surface area contributed by atoms with E-state index in [1.807, 2.05) is 17.5 Å². The summed E-state index contributed by atoms with van der Waals surface area (Å²) < 4.78 is 5.57. The minimum Gasteiger partial charge on any atom is -0.378 e. The fourth-order valence-electron chi connectivity index (χ4n) is 2.51. The van der Waals surface area contributed by atoms with Crippen LogP contribution in [-0.4, -0.2) is 46.7 Å². The molecule has 0 unspecified atom stereocenters. The first kappa shape index (κ1) is 15.7. The molecule has 1 aliphatic heterocycles. The van der Waals surface area contributed by atoms with Crippen LogP contribution >= 0.6 is 22.7 Å². The van der Waals surface area contributed by atoms with Gasteiger partial charge in [-0.25, -0.2) is 0 Å². The second-order valence-electron chi connectivity index (χ2n) is 5.25. The van der Waals surface area contributed by atoms with Crippen molar-refractivity contribution in [2.24, 2.45) is 0 Å². The SMILES string of the molecule is CCc1nnc(CN2CCOC[C@@H]2CC(=O)c2cccs2)s1. The fraction of sp³-hybridized carbons (Fsp3) is 0.533. The summed E-state index contributed by atoms with van der Waals surface area (Å²) in [7, 11) is 0. The Kier molecular flexibility index (Phi) is 5.30. The Bertz CT molecular complexity index is 612. The largest absolute Gasteiger partial charge is 0.378 e. The van der Waals surface area contributed by atoms with Crippen LogP contribution in [0.4, 0.5) is 0 Å². The number of nitrogens with zero attached hydrogens (tertiary/aromatic N) is 3. The van der Waals surface area contributed by atoms with Crippen LogP contribution in [0, 0.1) is 0 Å². The smallest absolute Gasteiger partial charge is 0.174 e. The van der Waals surface area contributed by atoms with Gasteiger partial charge in [0.1, 0.15) is 10.0 Å². The number of hydrogen-bond acceptors (Lipinski definition) is 7. The maximum Gasteiger partial charge on any atom is 0.174 e. The molecule has 0 aliphatic carbocycles. The van der Waals surface area contributed by atoms with Crippen molar-refractivity contribution in [3.63, 3.8) is 0 Å². The third kappa shape index (κ3) is 3.78. The number of ketones is 1. The fourth-order valence-corrected chi connectivity index (χ4v) is 3.99. The zero-order chi connectivity index (χ0) is 15.4. The van der Waals surface area contributed by atoms with Crippen molar-refractivity contribution >= 4 is 28.5 Å². The molecule has 1 atom stereocenters. The summed E-state index contributed by atoms with van der Waals surface area (Å²) in [5, 5.41) is 12.4. The highest BCUT2D eigenvalue weighted by molar-refractivity contribution is 7.12. The quantitative estimate of drug-likeness (QED) is 0.759. The number of rotatable bonds is 6. The van der Waals surface area contributed by atoms with E-state index in [1.165, 1.54) is 11.3 Å². The molecule has 2 aromatic rings. The average molecular weight is 337 g/mol. The normalized spacial score (nSPS) is 19.4. The Hall–Kier alpha value is -1.15. The molecule has 118 valence electrons. The third-order valence-corrected chi connectivity index (χ3v) is 5.68.